The smallest absolute Gasteiger partial charge is 0.135 e. The molecule has 0 radical (unpaired) electrons. The Bertz CT molecular complexity index is 613. The molecule has 0 spiro atoms. The molecule has 0 unspecified atom stereocenters. The summed E-state index contributed by atoms with van der Waals surface area (Å²) < 4.78 is 12.9. The predicted octanol–water partition coefficient (Wildman–Crippen LogP) is 3.39. The van der Waals surface area contributed by atoms with Crippen molar-refractivity contribution in [2.45, 2.75) is 24.9 Å². The van der Waals surface area contributed by atoms with E-state index in [0.717, 1.165) is 41.0 Å². The number of aromatic nitrogens is 2. The molecule has 5 heteroatoms. The van der Waals surface area contributed by atoms with E-state index in [-0.39, 0.29) is 5.82 Å². The zero-order valence-electron chi connectivity index (χ0n) is 11.3. The molecule has 2 heterocycles. The maximum atomic E-state index is 12.9. The highest BCUT2D eigenvalue weighted by Crippen LogP contribution is 2.32. The molecule has 104 valence electrons. The first kappa shape index (κ1) is 13.4. The average molecular weight is 289 g/mol. The van der Waals surface area contributed by atoms with E-state index >= 15 is 0 Å². The van der Waals surface area contributed by atoms with E-state index in [1.54, 1.807) is 12.1 Å². The summed E-state index contributed by atoms with van der Waals surface area (Å²) in [4.78, 5) is 9.27. The topological polar surface area (TPSA) is 37.8 Å². The van der Waals surface area contributed by atoms with Gasteiger partial charge in [-0.1, -0.05) is 12.1 Å². The molecule has 0 fully saturated rings. The fraction of sp³-hybridized carbons (Fsp3) is 0.333. The zero-order valence-corrected chi connectivity index (χ0v) is 12.1. The van der Waals surface area contributed by atoms with Gasteiger partial charge in [0.1, 0.15) is 17.5 Å². The lowest BCUT2D eigenvalue weighted by molar-refractivity contribution is 0.627. The minimum Gasteiger partial charge on any atom is -0.370 e. The highest BCUT2D eigenvalue weighted by Gasteiger charge is 2.19. The minimum absolute atomic E-state index is 0.214. The first-order valence-electron chi connectivity index (χ1n) is 6.71. The fourth-order valence-corrected chi connectivity index (χ4v) is 3.32. The van der Waals surface area contributed by atoms with Crippen LogP contribution in [0.25, 0.3) is 0 Å². The van der Waals surface area contributed by atoms with Gasteiger partial charge in [0.05, 0.1) is 5.69 Å². The first-order valence-corrected chi connectivity index (χ1v) is 7.86. The van der Waals surface area contributed by atoms with E-state index in [0.29, 0.717) is 6.42 Å². The van der Waals surface area contributed by atoms with Crippen LogP contribution in [0, 0.1) is 5.82 Å². The van der Waals surface area contributed by atoms with Crippen LogP contribution in [0.15, 0.2) is 24.3 Å². The summed E-state index contributed by atoms with van der Waals surface area (Å²) in [5.74, 6) is 3.48. The SMILES string of the molecule is CCNc1nc(Cc2ccc(F)cc2)nc2c1CSC2. The van der Waals surface area contributed by atoms with Crippen molar-refractivity contribution in [3.8, 4) is 0 Å². The third-order valence-corrected chi connectivity index (χ3v) is 4.21. The number of anilines is 1. The number of nitrogens with one attached hydrogen (secondary N) is 1. The van der Waals surface area contributed by atoms with Crippen molar-refractivity contribution in [2.24, 2.45) is 0 Å². The van der Waals surface area contributed by atoms with Crippen molar-refractivity contribution in [1.29, 1.82) is 0 Å². The van der Waals surface area contributed by atoms with Crippen molar-refractivity contribution in [3.63, 3.8) is 0 Å². The van der Waals surface area contributed by atoms with Crippen LogP contribution in [0.3, 0.4) is 0 Å². The van der Waals surface area contributed by atoms with E-state index in [2.05, 4.69) is 22.2 Å². The van der Waals surface area contributed by atoms with E-state index < -0.39 is 0 Å². The number of benzene rings is 1. The van der Waals surface area contributed by atoms with Gasteiger partial charge >= 0.3 is 0 Å². The number of halogens is 1. The maximum Gasteiger partial charge on any atom is 0.135 e. The Kier molecular flexibility index (Phi) is 3.87. The van der Waals surface area contributed by atoms with Crippen molar-refractivity contribution >= 4 is 17.6 Å². The van der Waals surface area contributed by atoms with Crippen molar-refractivity contribution in [3.05, 3.63) is 52.7 Å². The molecule has 0 atom stereocenters. The Morgan fingerprint density at radius 3 is 2.75 bits per heavy atom. The van der Waals surface area contributed by atoms with E-state index in [1.165, 1.54) is 17.7 Å². The van der Waals surface area contributed by atoms with Gasteiger partial charge in [-0.3, -0.25) is 0 Å². The molecule has 0 bridgehead atoms. The van der Waals surface area contributed by atoms with Crippen LogP contribution >= 0.6 is 11.8 Å². The van der Waals surface area contributed by atoms with Crippen LogP contribution in [-0.4, -0.2) is 16.5 Å². The molecule has 1 aromatic carbocycles. The number of hydrogen-bond donors (Lipinski definition) is 1. The molecule has 3 rings (SSSR count). The Labute approximate surface area is 122 Å². The van der Waals surface area contributed by atoms with Gasteiger partial charge in [-0.25, -0.2) is 14.4 Å². The summed E-state index contributed by atoms with van der Waals surface area (Å²) in [5.41, 5.74) is 3.40. The lowest BCUT2D eigenvalue weighted by Gasteiger charge is -2.10. The van der Waals surface area contributed by atoms with Crippen LogP contribution < -0.4 is 5.32 Å². The molecule has 3 nitrogen and oxygen atoms in total. The molecule has 2 aromatic rings. The Hall–Kier alpha value is -1.62. The summed E-state index contributed by atoms with van der Waals surface area (Å²) in [6.07, 6.45) is 0.636. The van der Waals surface area contributed by atoms with Crippen LogP contribution in [0.4, 0.5) is 10.2 Å². The van der Waals surface area contributed by atoms with Gasteiger partial charge in [0.15, 0.2) is 0 Å². The second kappa shape index (κ2) is 5.79. The molecule has 0 amide bonds. The van der Waals surface area contributed by atoms with Gasteiger partial charge < -0.3 is 5.32 Å². The summed E-state index contributed by atoms with van der Waals surface area (Å²) in [6.45, 7) is 2.92. The highest BCUT2D eigenvalue weighted by atomic mass is 32.2. The van der Waals surface area contributed by atoms with Crippen molar-refractivity contribution in [1.82, 2.24) is 9.97 Å². The molecule has 1 aliphatic rings. The number of rotatable bonds is 4. The van der Waals surface area contributed by atoms with Crippen molar-refractivity contribution < 1.29 is 4.39 Å². The lowest BCUT2D eigenvalue weighted by atomic mass is 10.1. The standard InChI is InChI=1S/C15H16FN3S/c1-2-17-15-12-8-20-9-13(12)18-14(19-15)7-10-3-5-11(16)6-4-10/h3-6H,2,7-9H2,1H3,(H,17,18,19). The molecule has 1 N–H and O–H groups in total. The lowest BCUT2D eigenvalue weighted by Crippen LogP contribution is -2.08. The fourth-order valence-electron chi connectivity index (χ4n) is 2.28. The quantitative estimate of drug-likeness (QED) is 0.936. The summed E-state index contributed by atoms with van der Waals surface area (Å²) in [7, 11) is 0. The van der Waals surface area contributed by atoms with Gasteiger partial charge in [0.25, 0.3) is 0 Å². The van der Waals surface area contributed by atoms with E-state index in [9.17, 15) is 4.39 Å². The Balaban J connectivity index is 1.89. The number of thioether (sulfide) groups is 1. The van der Waals surface area contributed by atoms with Gasteiger partial charge in [0, 0.05) is 30.0 Å². The first-order chi connectivity index (χ1) is 9.76. The predicted molar refractivity (Wildman–Crippen MR) is 80.4 cm³/mol. The maximum absolute atomic E-state index is 12.9. The Morgan fingerprint density at radius 1 is 1.20 bits per heavy atom. The van der Waals surface area contributed by atoms with Gasteiger partial charge in [-0.2, -0.15) is 11.8 Å². The second-order valence-electron chi connectivity index (χ2n) is 4.74. The van der Waals surface area contributed by atoms with E-state index in [1.807, 2.05) is 11.8 Å². The van der Waals surface area contributed by atoms with Crippen LogP contribution in [0.2, 0.25) is 0 Å². The van der Waals surface area contributed by atoms with Crippen LogP contribution in [-0.2, 0) is 17.9 Å². The van der Waals surface area contributed by atoms with E-state index in [4.69, 9.17) is 0 Å². The largest absolute Gasteiger partial charge is 0.370 e. The molecular formula is C15H16FN3S. The highest BCUT2D eigenvalue weighted by molar-refractivity contribution is 7.98. The van der Waals surface area contributed by atoms with Crippen molar-refractivity contribution in [2.75, 3.05) is 11.9 Å². The number of hydrogen-bond acceptors (Lipinski definition) is 4. The average Bonchev–Trinajstić information content (AvgIpc) is 2.90. The Morgan fingerprint density at radius 2 is 2.00 bits per heavy atom. The zero-order chi connectivity index (χ0) is 13.9. The number of fused-ring (bicyclic) bond motifs is 1. The molecular weight excluding hydrogens is 273 g/mol. The third kappa shape index (κ3) is 2.77. The number of nitrogens with zero attached hydrogens (tertiary/aromatic N) is 2. The van der Waals surface area contributed by atoms with Crippen LogP contribution in [0.1, 0.15) is 29.6 Å². The summed E-state index contributed by atoms with van der Waals surface area (Å²) in [5, 5.41) is 3.32. The molecule has 0 aliphatic carbocycles. The summed E-state index contributed by atoms with van der Waals surface area (Å²) >= 11 is 1.87. The monoisotopic (exact) mass is 289 g/mol. The summed E-state index contributed by atoms with van der Waals surface area (Å²) in [6, 6.07) is 6.52. The molecule has 20 heavy (non-hydrogen) atoms. The van der Waals surface area contributed by atoms with Gasteiger partial charge in [-0.15, -0.1) is 0 Å². The van der Waals surface area contributed by atoms with Crippen LogP contribution in [0.5, 0.6) is 0 Å². The van der Waals surface area contributed by atoms with Gasteiger partial charge in [-0.05, 0) is 24.6 Å². The minimum atomic E-state index is -0.214. The molecule has 1 aliphatic heterocycles. The molecule has 0 saturated carbocycles. The second-order valence-corrected chi connectivity index (χ2v) is 5.73. The normalized spacial score (nSPS) is 13.3. The van der Waals surface area contributed by atoms with Gasteiger partial charge in [0.2, 0.25) is 0 Å². The molecule has 0 saturated heterocycles. The molecule has 1 aromatic heterocycles. The third-order valence-electron chi connectivity index (χ3n) is 3.24.